The van der Waals surface area contributed by atoms with Crippen molar-refractivity contribution in [3.8, 4) is 0 Å². The molecule has 1 aliphatic rings. The van der Waals surface area contributed by atoms with Crippen LogP contribution in [0.3, 0.4) is 0 Å². The van der Waals surface area contributed by atoms with Crippen molar-refractivity contribution >= 4 is 28.3 Å². The zero-order valence-corrected chi connectivity index (χ0v) is 9.28. The molecule has 1 unspecified atom stereocenters. The zero-order chi connectivity index (χ0) is 7.11. The van der Waals surface area contributed by atoms with E-state index in [1.165, 1.54) is 25.7 Å². The number of hydrogen-bond donors (Lipinski definition) is 0. The van der Waals surface area contributed by atoms with Gasteiger partial charge in [-0.1, -0.05) is 12.8 Å². The first kappa shape index (κ1) is 10.7. The van der Waals surface area contributed by atoms with Crippen molar-refractivity contribution in [2.45, 2.75) is 31.3 Å². The molecule has 1 aliphatic carbocycles. The summed E-state index contributed by atoms with van der Waals surface area (Å²) >= 11 is -0.106. The Hall–Kier alpha value is 1.67. The summed E-state index contributed by atoms with van der Waals surface area (Å²) in [5.41, 5.74) is 0.963. The average Bonchev–Trinajstić information content (AvgIpc) is 2.20. The van der Waals surface area contributed by atoms with Gasteiger partial charge < -0.3 is 0 Å². The number of hydrogen-bond acceptors (Lipinski definition) is 0. The van der Waals surface area contributed by atoms with Gasteiger partial charge in [0.25, 0.3) is 0 Å². The summed E-state index contributed by atoms with van der Waals surface area (Å²) in [4.78, 5) is 0. The van der Waals surface area contributed by atoms with E-state index in [1.54, 1.807) is 0 Å². The molecule has 60 valence electrons. The molecule has 0 saturated heterocycles. The maximum absolute atomic E-state index is 4.81. The van der Waals surface area contributed by atoms with Gasteiger partial charge in [0.2, 0.25) is 0 Å². The van der Waals surface area contributed by atoms with E-state index < -0.39 is 0 Å². The van der Waals surface area contributed by atoms with E-state index in [2.05, 4.69) is 9.24 Å². The fraction of sp³-hybridized carbons (Fsp3) is 1.00. The van der Waals surface area contributed by atoms with Crippen LogP contribution in [0.2, 0.25) is 0 Å². The molecule has 0 bridgehead atoms. The van der Waals surface area contributed by atoms with Gasteiger partial charge in [-0.05, 0) is 18.5 Å². The van der Waals surface area contributed by atoms with Crippen LogP contribution in [0.4, 0.5) is 0 Å². The molecular weight excluding hydrogens is 268 g/mol. The standard InChI is InChI=1S/C5H11P.2ClH.Pd/c6-5-3-1-2-4-5;;;/h5H,1-4,6H2;2*1H;/q;;;+2/p-2. The molecule has 1 saturated carbocycles. The first-order valence-corrected chi connectivity index (χ1v) is 7.56. The van der Waals surface area contributed by atoms with Crippen LogP contribution in [0.15, 0.2) is 0 Å². The summed E-state index contributed by atoms with van der Waals surface area (Å²) in [6.07, 6.45) is 5.83. The number of rotatable bonds is 0. The van der Waals surface area contributed by atoms with Gasteiger partial charge in [-0.3, -0.25) is 0 Å². The molecule has 0 aromatic carbocycles. The molecule has 1 fully saturated rings. The Morgan fingerprint density at radius 1 is 1.22 bits per heavy atom. The summed E-state index contributed by atoms with van der Waals surface area (Å²) in [5.74, 6) is 0. The molecule has 0 spiro atoms. The summed E-state index contributed by atoms with van der Waals surface area (Å²) < 4.78 is 0. The van der Waals surface area contributed by atoms with Gasteiger partial charge in [0.1, 0.15) is 0 Å². The van der Waals surface area contributed by atoms with Crippen LogP contribution in [-0.2, 0) is 15.9 Å². The maximum atomic E-state index is 4.81. The summed E-state index contributed by atoms with van der Waals surface area (Å²) in [6.45, 7) is 0. The van der Waals surface area contributed by atoms with E-state index in [-0.39, 0.29) is 15.9 Å². The van der Waals surface area contributed by atoms with Crippen molar-refractivity contribution < 1.29 is 15.9 Å². The van der Waals surface area contributed by atoms with Crippen molar-refractivity contribution in [3.05, 3.63) is 0 Å². The second-order valence-electron chi connectivity index (χ2n) is 2.09. The Labute approximate surface area is 75.4 Å². The Morgan fingerprint density at radius 2 is 1.56 bits per heavy atom. The molecular formula is C5H11Cl2PPd. The van der Waals surface area contributed by atoms with Gasteiger partial charge in [0, 0.05) is 0 Å². The van der Waals surface area contributed by atoms with Crippen molar-refractivity contribution in [2.24, 2.45) is 0 Å². The summed E-state index contributed by atoms with van der Waals surface area (Å²) in [5, 5.41) is 0. The molecule has 1 rings (SSSR count). The van der Waals surface area contributed by atoms with Crippen LogP contribution in [0.5, 0.6) is 0 Å². The second kappa shape index (κ2) is 7.78. The molecule has 9 heavy (non-hydrogen) atoms. The van der Waals surface area contributed by atoms with Crippen LogP contribution < -0.4 is 0 Å². The third-order valence-electron chi connectivity index (χ3n) is 1.40. The fourth-order valence-corrected chi connectivity index (χ4v) is 1.43. The Bertz CT molecular complexity index is 56.9. The molecule has 0 N–H and O–H groups in total. The van der Waals surface area contributed by atoms with E-state index in [0.717, 1.165) is 5.66 Å². The topological polar surface area (TPSA) is 0 Å². The van der Waals surface area contributed by atoms with E-state index in [1.807, 2.05) is 0 Å². The van der Waals surface area contributed by atoms with Gasteiger partial charge in [0.15, 0.2) is 0 Å². The van der Waals surface area contributed by atoms with E-state index >= 15 is 0 Å². The summed E-state index contributed by atoms with van der Waals surface area (Å²) in [6, 6.07) is 0. The van der Waals surface area contributed by atoms with Crippen LogP contribution in [0.25, 0.3) is 0 Å². The predicted molar refractivity (Wildman–Crippen MR) is 43.7 cm³/mol. The van der Waals surface area contributed by atoms with Crippen LogP contribution in [0, 0.1) is 0 Å². The molecule has 4 heteroatoms. The molecule has 0 radical (unpaired) electrons. The van der Waals surface area contributed by atoms with Crippen LogP contribution >= 0.6 is 28.3 Å². The van der Waals surface area contributed by atoms with Crippen LogP contribution in [-0.4, -0.2) is 5.66 Å². The van der Waals surface area contributed by atoms with Gasteiger partial charge in [-0.2, -0.15) is 0 Å². The number of halogens is 2. The first-order valence-electron chi connectivity index (χ1n) is 2.89. The van der Waals surface area contributed by atoms with Gasteiger partial charge in [-0.25, -0.2) is 0 Å². The minimum absolute atomic E-state index is 0.106. The van der Waals surface area contributed by atoms with Crippen LogP contribution in [0.1, 0.15) is 25.7 Å². The Balaban J connectivity index is 0.000000187. The fourth-order valence-electron chi connectivity index (χ4n) is 0.957. The quantitative estimate of drug-likeness (QED) is 0.472. The normalized spacial score (nSPS) is 19.4. The average molecular weight is 279 g/mol. The molecule has 0 nitrogen and oxygen atoms in total. The SMILES string of the molecule is PC1CCCC1.[Cl][Pd][Cl]. The predicted octanol–water partition coefficient (Wildman–Crippen LogP) is 3.18. The van der Waals surface area contributed by atoms with Gasteiger partial charge in [0.05, 0.1) is 0 Å². The molecule has 0 heterocycles. The Morgan fingerprint density at radius 3 is 1.67 bits per heavy atom. The molecule has 1 atom stereocenters. The monoisotopic (exact) mass is 278 g/mol. The van der Waals surface area contributed by atoms with Crippen molar-refractivity contribution in [2.75, 3.05) is 0 Å². The molecule has 0 aromatic rings. The first-order chi connectivity index (χ1) is 4.31. The zero-order valence-electron chi connectivity index (χ0n) is 5.06. The van der Waals surface area contributed by atoms with Gasteiger partial charge in [-0.15, -0.1) is 9.24 Å². The van der Waals surface area contributed by atoms with Gasteiger partial charge >= 0.3 is 35.0 Å². The second-order valence-corrected chi connectivity index (χ2v) is 5.39. The van der Waals surface area contributed by atoms with Crippen molar-refractivity contribution in [1.82, 2.24) is 0 Å². The minimum atomic E-state index is -0.106. The third-order valence-corrected chi connectivity index (χ3v) is 2.07. The van der Waals surface area contributed by atoms with E-state index in [9.17, 15) is 0 Å². The molecule has 0 aliphatic heterocycles. The third kappa shape index (κ3) is 7.57. The molecule has 0 aromatic heterocycles. The van der Waals surface area contributed by atoms with E-state index in [4.69, 9.17) is 19.1 Å². The van der Waals surface area contributed by atoms with Crippen molar-refractivity contribution in [3.63, 3.8) is 0 Å². The van der Waals surface area contributed by atoms with Crippen molar-refractivity contribution in [1.29, 1.82) is 0 Å². The summed E-state index contributed by atoms with van der Waals surface area (Å²) in [7, 11) is 12.5. The van der Waals surface area contributed by atoms with E-state index in [0.29, 0.717) is 0 Å². The molecule has 0 amide bonds. The Kier molecular flexibility index (Phi) is 9.22.